The minimum absolute atomic E-state index is 0.278. The average molecular weight is 466 g/mol. The Labute approximate surface area is 172 Å². The number of hydrogen-bond donors (Lipinski definition) is 2. The number of nitrogens with one attached hydrogen (secondary N) is 2. The van der Waals surface area contributed by atoms with Crippen molar-refractivity contribution in [3.8, 4) is 5.75 Å². The zero-order valence-electron chi connectivity index (χ0n) is 14.8. The second-order valence-electron chi connectivity index (χ2n) is 6.30. The number of anilines is 2. The van der Waals surface area contributed by atoms with E-state index in [1.54, 1.807) is 0 Å². The monoisotopic (exact) mass is 465 g/mol. The van der Waals surface area contributed by atoms with Gasteiger partial charge in [-0.15, -0.1) is 13.2 Å². The van der Waals surface area contributed by atoms with Gasteiger partial charge in [0.15, 0.2) is 12.0 Å². The van der Waals surface area contributed by atoms with E-state index in [1.165, 1.54) is 30.6 Å². The van der Waals surface area contributed by atoms with Crippen LogP contribution in [-0.2, 0) is 6.54 Å². The first-order valence-electron chi connectivity index (χ1n) is 8.58. The summed E-state index contributed by atoms with van der Waals surface area (Å²) >= 11 is 3.46. The number of aromatic nitrogens is 2. The molecule has 1 aliphatic rings. The van der Waals surface area contributed by atoms with Gasteiger partial charge in [-0.3, -0.25) is 4.68 Å². The number of ether oxygens (including phenoxy) is 1. The minimum atomic E-state index is -4.72. The fourth-order valence-electron chi connectivity index (χ4n) is 2.93. The van der Waals surface area contributed by atoms with Gasteiger partial charge in [-0.1, -0.05) is 28.1 Å². The zero-order valence-corrected chi connectivity index (χ0v) is 16.4. The fourth-order valence-corrected chi connectivity index (χ4v) is 3.38. The fraction of sp³-hybridized carbons (Fsp3) is 0.158. The van der Waals surface area contributed by atoms with Crippen LogP contribution in [0.4, 0.5) is 24.7 Å². The Morgan fingerprint density at radius 2 is 1.97 bits per heavy atom. The number of benzene rings is 2. The molecule has 0 saturated heterocycles. The maximum atomic E-state index is 12.3. The third-order valence-corrected chi connectivity index (χ3v) is 4.63. The van der Waals surface area contributed by atoms with E-state index in [0.29, 0.717) is 18.1 Å². The summed E-state index contributed by atoms with van der Waals surface area (Å²) in [5, 5.41) is 10.7. The van der Waals surface area contributed by atoms with Crippen molar-refractivity contribution in [2.45, 2.75) is 19.1 Å². The molecule has 1 atom stereocenters. The van der Waals surface area contributed by atoms with Crippen LogP contribution in [0.15, 0.2) is 64.2 Å². The number of hydrogen-bond acceptors (Lipinski definition) is 5. The summed E-state index contributed by atoms with van der Waals surface area (Å²) in [4.78, 5) is 4.36. The lowest BCUT2D eigenvalue weighted by Crippen LogP contribution is -2.17. The largest absolute Gasteiger partial charge is 0.573 e. The van der Waals surface area contributed by atoms with Crippen LogP contribution in [0.3, 0.4) is 0 Å². The number of nitrogens with zero attached hydrogens (tertiary/aromatic N) is 3. The Morgan fingerprint density at radius 1 is 1.17 bits per heavy atom. The van der Waals surface area contributed by atoms with Crippen molar-refractivity contribution in [3.63, 3.8) is 0 Å². The first kappa shape index (κ1) is 19.3. The molecule has 0 spiro atoms. The Hall–Kier alpha value is -3.01. The summed E-state index contributed by atoms with van der Waals surface area (Å²) in [6.07, 6.45) is -1.71. The number of halogens is 4. The molecular formula is C19H15BrF3N5O. The Balaban J connectivity index is 1.48. The van der Waals surface area contributed by atoms with Gasteiger partial charge >= 0.3 is 6.36 Å². The summed E-state index contributed by atoms with van der Waals surface area (Å²) in [6, 6.07) is 13.4. The summed E-state index contributed by atoms with van der Waals surface area (Å²) in [5.74, 6) is 0.393. The first-order valence-corrected chi connectivity index (χ1v) is 9.37. The maximum absolute atomic E-state index is 12.3. The van der Waals surface area contributed by atoms with Crippen LogP contribution in [-0.4, -0.2) is 22.5 Å². The minimum Gasteiger partial charge on any atom is -0.406 e. The van der Waals surface area contributed by atoms with Crippen LogP contribution in [0, 0.1) is 0 Å². The van der Waals surface area contributed by atoms with Crippen molar-refractivity contribution in [2.75, 3.05) is 10.6 Å². The van der Waals surface area contributed by atoms with E-state index in [-0.39, 0.29) is 5.75 Å². The molecule has 4 rings (SSSR count). The SMILES string of the molecule is FC(F)(F)Oc1ccc(NC2N=CNc3nn(Cc4cccc(Br)c4)cc32)cc1. The lowest BCUT2D eigenvalue weighted by Gasteiger charge is -2.19. The number of alkyl halides is 3. The number of fused-ring (bicyclic) bond motifs is 1. The van der Waals surface area contributed by atoms with Gasteiger partial charge in [0.25, 0.3) is 0 Å². The van der Waals surface area contributed by atoms with E-state index in [1.807, 2.05) is 35.1 Å². The Morgan fingerprint density at radius 3 is 2.69 bits per heavy atom. The predicted octanol–water partition coefficient (Wildman–Crippen LogP) is 5.16. The summed E-state index contributed by atoms with van der Waals surface area (Å²) < 4.78 is 43.5. The molecule has 1 unspecified atom stereocenters. The standard InChI is InChI=1S/C19H15BrF3N5O/c20-13-3-1-2-12(8-13)9-28-10-16-17(24-11-25-18(16)27-28)26-14-4-6-15(7-5-14)29-19(21,22)23/h1-8,10-11,17,26H,9H2,(H,24,25,27). The van der Waals surface area contributed by atoms with Crippen LogP contribution in [0.5, 0.6) is 5.75 Å². The van der Waals surface area contributed by atoms with E-state index < -0.39 is 12.5 Å². The predicted molar refractivity (Wildman–Crippen MR) is 107 cm³/mol. The molecule has 0 aliphatic carbocycles. The second kappa shape index (κ2) is 7.78. The van der Waals surface area contributed by atoms with Crippen molar-refractivity contribution in [1.82, 2.24) is 9.78 Å². The third-order valence-electron chi connectivity index (χ3n) is 4.13. The van der Waals surface area contributed by atoms with Crippen molar-refractivity contribution in [2.24, 2.45) is 4.99 Å². The van der Waals surface area contributed by atoms with Crippen molar-refractivity contribution >= 4 is 33.8 Å². The van der Waals surface area contributed by atoms with E-state index in [0.717, 1.165) is 15.6 Å². The quantitative estimate of drug-likeness (QED) is 0.546. The lowest BCUT2D eigenvalue weighted by atomic mass is 10.2. The third kappa shape index (κ3) is 4.89. The number of aliphatic imine (C=N–C) groups is 1. The molecule has 2 aromatic carbocycles. The summed E-state index contributed by atoms with van der Waals surface area (Å²) in [7, 11) is 0. The second-order valence-corrected chi connectivity index (χ2v) is 7.22. The van der Waals surface area contributed by atoms with Crippen molar-refractivity contribution in [1.29, 1.82) is 0 Å². The molecule has 2 heterocycles. The smallest absolute Gasteiger partial charge is 0.406 e. The van der Waals surface area contributed by atoms with Crippen LogP contribution in [0.2, 0.25) is 0 Å². The molecule has 0 fully saturated rings. The van der Waals surface area contributed by atoms with Crippen LogP contribution >= 0.6 is 15.9 Å². The Kier molecular flexibility index (Phi) is 5.18. The van der Waals surface area contributed by atoms with Gasteiger partial charge < -0.3 is 15.4 Å². The van der Waals surface area contributed by atoms with Gasteiger partial charge in [0.2, 0.25) is 0 Å². The van der Waals surface area contributed by atoms with Crippen LogP contribution in [0.1, 0.15) is 17.3 Å². The van der Waals surface area contributed by atoms with Gasteiger partial charge in [0.05, 0.1) is 18.4 Å². The first-order chi connectivity index (χ1) is 13.9. The zero-order chi connectivity index (χ0) is 20.4. The molecule has 1 aliphatic heterocycles. The number of rotatable bonds is 5. The highest BCUT2D eigenvalue weighted by atomic mass is 79.9. The highest BCUT2D eigenvalue weighted by molar-refractivity contribution is 9.10. The van der Waals surface area contributed by atoms with E-state index >= 15 is 0 Å². The van der Waals surface area contributed by atoms with Crippen LogP contribution < -0.4 is 15.4 Å². The molecule has 10 heteroatoms. The topological polar surface area (TPSA) is 63.5 Å². The molecule has 6 nitrogen and oxygen atoms in total. The molecule has 150 valence electrons. The summed E-state index contributed by atoms with van der Waals surface area (Å²) in [6.45, 7) is 0.588. The normalized spacial score (nSPS) is 15.5. The van der Waals surface area contributed by atoms with E-state index in [9.17, 15) is 13.2 Å². The molecule has 0 saturated carbocycles. The summed E-state index contributed by atoms with van der Waals surface area (Å²) in [5.41, 5.74) is 2.53. The van der Waals surface area contributed by atoms with Gasteiger partial charge in [-0.05, 0) is 42.0 Å². The molecular weight excluding hydrogens is 451 g/mol. The average Bonchev–Trinajstić information content (AvgIpc) is 3.05. The van der Waals surface area contributed by atoms with E-state index in [4.69, 9.17) is 0 Å². The molecule has 3 aromatic rings. The van der Waals surface area contributed by atoms with Gasteiger partial charge in [0, 0.05) is 16.4 Å². The van der Waals surface area contributed by atoms with Gasteiger partial charge in [-0.2, -0.15) is 5.10 Å². The van der Waals surface area contributed by atoms with Crippen LogP contribution in [0.25, 0.3) is 0 Å². The molecule has 1 aromatic heterocycles. The lowest BCUT2D eigenvalue weighted by molar-refractivity contribution is -0.274. The maximum Gasteiger partial charge on any atom is 0.573 e. The Bertz CT molecular complexity index is 1030. The molecule has 29 heavy (non-hydrogen) atoms. The van der Waals surface area contributed by atoms with Crippen molar-refractivity contribution < 1.29 is 17.9 Å². The molecule has 0 amide bonds. The highest BCUT2D eigenvalue weighted by Gasteiger charge is 2.31. The van der Waals surface area contributed by atoms with Crippen molar-refractivity contribution in [3.05, 3.63) is 70.3 Å². The molecule has 2 N–H and O–H groups in total. The highest BCUT2D eigenvalue weighted by Crippen LogP contribution is 2.30. The molecule has 0 radical (unpaired) electrons. The van der Waals surface area contributed by atoms with Gasteiger partial charge in [0.1, 0.15) is 5.75 Å². The van der Waals surface area contributed by atoms with Gasteiger partial charge in [-0.25, -0.2) is 4.99 Å². The molecule has 0 bridgehead atoms. The van der Waals surface area contributed by atoms with E-state index in [2.05, 4.69) is 41.4 Å².